The van der Waals surface area contributed by atoms with Crippen LogP contribution >= 0.6 is 0 Å². The van der Waals surface area contributed by atoms with E-state index in [9.17, 15) is 9.59 Å². The molecule has 2 aromatic carbocycles. The maximum atomic E-state index is 12.7. The van der Waals surface area contributed by atoms with Gasteiger partial charge in [-0.2, -0.15) is 0 Å². The van der Waals surface area contributed by atoms with Crippen molar-refractivity contribution in [2.75, 3.05) is 12.4 Å². The van der Waals surface area contributed by atoms with E-state index < -0.39 is 5.41 Å². The molecule has 5 heteroatoms. The molecule has 26 heavy (non-hydrogen) atoms. The van der Waals surface area contributed by atoms with Crippen molar-refractivity contribution in [3.05, 3.63) is 58.7 Å². The van der Waals surface area contributed by atoms with Crippen LogP contribution in [0.25, 0.3) is 0 Å². The first-order valence-electron chi connectivity index (χ1n) is 8.81. The highest BCUT2D eigenvalue weighted by molar-refractivity contribution is 6.07. The number of carbonyl (C=O) groups excluding carboxylic acids is 2. The Bertz CT molecular complexity index is 917. The Kier molecular flexibility index (Phi) is 3.75. The van der Waals surface area contributed by atoms with Crippen LogP contribution in [0.3, 0.4) is 0 Å². The summed E-state index contributed by atoms with van der Waals surface area (Å²) in [5.74, 6) is 0.716. The normalized spacial score (nSPS) is 19.5. The highest BCUT2D eigenvalue weighted by Crippen LogP contribution is 2.37. The molecule has 0 aromatic heterocycles. The first-order chi connectivity index (χ1) is 12.4. The highest BCUT2D eigenvalue weighted by Gasteiger charge is 2.38. The van der Waals surface area contributed by atoms with Crippen LogP contribution in [0.15, 0.2) is 36.4 Å². The van der Waals surface area contributed by atoms with Gasteiger partial charge in [0.05, 0.1) is 12.5 Å². The summed E-state index contributed by atoms with van der Waals surface area (Å²) >= 11 is 0. The molecule has 1 atom stereocenters. The van der Waals surface area contributed by atoms with E-state index in [1.165, 1.54) is 11.1 Å². The van der Waals surface area contributed by atoms with E-state index in [4.69, 9.17) is 4.74 Å². The van der Waals surface area contributed by atoms with Gasteiger partial charge in [0, 0.05) is 17.3 Å². The number of amides is 2. The zero-order chi connectivity index (χ0) is 18.5. The minimum absolute atomic E-state index is 0.0385. The van der Waals surface area contributed by atoms with Crippen LogP contribution in [0.1, 0.15) is 40.9 Å². The molecule has 0 saturated carbocycles. The molecule has 2 amide bonds. The van der Waals surface area contributed by atoms with Crippen LogP contribution in [0.2, 0.25) is 0 Å². The molecule has 5 nitrogen and oxygen atoms in total. The molecule has 1 unspecified atom stereocenters. The second-order valence-corrected chi connectivity index (χ2v) is 7.52. The van der Waals surface area contributed by atoms with Crippen LogP contribution in [0, 0.1) is 0 Å². The predicted molar refractivity (Wildman–Crippen MR) is 99.8 cm³/mol. The average Bonchev–Trinajstić information content (AvgIpc) is 3.12. The third kappa shape index (κ3) is 2.55. The molecule has 1 aliphatic carbocycles. The Labute approximate surface area is 152 Å². The van der Waals surface area contributed by atoms with Gasteiger partial charge in [-0.3, -0.25) is 9.59 Å². The lowest BCUT2D eigenvalue weighted by atomic mass is 9.86. The molecule has 0 spiro atoms. The number of benzene rings is 2. The number of hydrogen-bond acceptors (Lipinski definition) is 3. The van der Waals surface area contributed by atoms with E-state index in [0.29, 0.717) is 5.56 Å². The fraction of sp³-hybridized carbons (Fsp3) is 0.333. The van der Waals surface area contributed by atoms with Gasteiger partial charge >= 0.3 is 0 Å². The zero-order valence-corrected chi connectivity index (χ0v) is 15.2. The van der Waals surface area contributed by atoms with Gasteiger partial charge < -0.3 is 15.4 Å². The molecular weight excluding hydrogens is 328 g/mol. The molecular formula is C21H22N2O3. The molecule has 4 rings (SSSR count). The van der Waals surface area contributed by atoms with Crippen LogP contribution in [-0.4, -0.2) is 25.0 Å². The van der Waals surface area contributed by atoms with Gasteiger partial charge in [-0.25, -0.2) is 0 Å². The predicted octanol–water partition coefficient (Wildman–Crippen LogP) is 2.82. The third-order valence-electron chi connectivity index (χ3n) is 5.47. The maximum absolute atomic E-state index is 12.7. The van der Waals surface area contributed by atoms with Crippen molar-refractivity contribution in [3.8, 4) is 5.75 Å². The van der Waals surface area contributed by atoms with Gasteiger partial charge in [0.15, 0.2) is 0 Å². The first kappa shape index (κ1) is 16.6. The summed E-state index contributed by atoms with van der Waals surface area (Å²) in [6.45, 7) is 3.77. The Morgan fingerprint density at radius 2 is 2.04 bits per heavy atom. The average molecular weight is 350 g/mol. The summed E-state index contributed by atoms with van der Waals surface area (Å²) in [4.78, 5) is 24.8. The molecule has 2 aliphatic rings. The van der Waals surface area contributed by atoms with Gasteiger partial charge in [0.25, 0.3) is 5.91 Å². The summed E-state index contributed by atoms with van der Waals surface area (Å²) in [7, 11) is 1.67. The lowest BCUT2D eigenvalue weighted by Gasteiger charge is -2.16. The summed E-state index contributed by atoms with van der Waals surface area (Å²) in [5, 5.41) is 5.98. The summed E-state index contributed by atoms with van der Waals surface area (Å²) in [6.07, 6.45) is 1.56. The van der Waals surface area contributed by atoms with E-state index in [-0.39, 0.29) is 17.9 Å². The Morgan fingerprint density at radius 3 is 2.81 bits per heavy atom. The van der Waals surface area contributed by atoms with E-state index >= 15 is 0 Å². The van der Waals surface area contributed by atoms with Gasteiger partial charge in [0.1, 0.15) is 5.75 Å². The summed E-state index contributed by atoms with van der Waals surface area (Å²) in [5.41, 5.74) is 4.04. The van der Waals surface area contributed by atoms with Gasteiger partial charge in [-0.15, -0.1) is 0 Å². The molecule has 2 N–H and O–H groups in total. The minimum Gasteiger partial charge on any atom is -0.496 e. The van der Waals surface area contributed by atoms with Crippen molar-refractivity contribution in [2.45, 2.75) is 38.1 Å². The van der Waals surface area contributed by atoms with Crippen molar-refractivity contribution < 1.29 is 14.3 Å². The number of fused-ring (bicyclic) bond motifs is 2. The summed E-state index contributed by atoms with van der Waals surface area (Å²) < 4.78 is 5.42. The van der Waals surface area contributed by atoms with E-state index in [2.05, 4.69) is 16.7 Å². The smallest absolute Gasteiger partial charge is 0.251 e. The van der Waals surface area contributed by atoms with Gasteiger partial charge in [0.2, 0.25) is 5.91 Å². The van der Waals surface area contributed by atoms with E-state index in [0.717, 1.165) is 29.8 Å². The molecule has 2 aromatic rings. The van der Waals surface area contributed by atoms with Crippen molar-refractivity contribution in [1.82, 2.24) is 5.32 Å². The zero-order valence-electron chi connectivity index (χ0n) is 15.2. The first-order valence-corrected chi connectivity index (χ1v) is 8.81. The largest absolute Gasteiger partial charge is 0.496 e. The van der Waals surface area contributed by atoms with Crippen molar-refractivity contribution in [2.24, 2.45) is 0 Å². The fourth-order valence-corrected chi connectivity index (χ4v) is 3.91. The molecule has 0 saturated heterocycles. The van der Waals surface area contributed by atoms with Crippen LogP contribution in [0.5, 0.6) is 5.75 Å². The van der Waals surface area contributed by atoms with E-state index in [1.807, 2.05) is 32.0 Å². The second-order valence-electron chi connectivity index (χ2n) is 7.52. The maximum Gasteiger partial charge on any atom is 0.251 e. The number of hydrogen-bond donors (Lipinski definition) is 2. The van der Waals surface area contributed by atoms with Gasteiger partial charge in [-0.05, 0) is 61.6 Å². The number of anilines is 1. The number of carbonyl (C=O) groups is 2. The third-order valence-corrected chi connectivity index (χ3v) is 5.47. The highest BCUT2D eigenvalue weighted by atomic mass is 16.5. The topological polar surface area (TPSA) is 67.4 Å². The molecule has 0 fully saturated rings. The molecule has 0 bridgehead atoms. The molecule has 1 heterocycles. The number of ether oxygens (including phenoxy) is 1. The Balaban J connectivity index is 1.51. The Morgan fingerprint density at radius 1 is 1.23 bits per heavy atom. The molecule has 134 valence electrons. The van der Waals surface area contributed by atoms with Crippen LogP contribution < -0.4 is 15.4 Å². The van der Waals surface area contributed by atoms with Gasteiger partial charge in [-0.1, -0.05) is 18.2 Å². The SMILES string of the molecule is COc1cccc2c1CC(NC(=O)c1ccc3c(c1)NC(=O)C3(C)C)C2. The van der Waals surface area contributed by atoms with E-state index in [1.54, 1.807) is 19.2 Å². The van der Waals surface area contributed by atoms with Crippen molar-refractivity contribution in [1.29, 1.82) is 0 Å². The molecule has 0 radical (unpaired) electrons. The lowest BCUT2D eigenvalue weighted by Crippen LogP contribution is -2.35. The fourth-order valence-electron chi connectivity index (χ4n) is 3.91. The number of nitrogens with one attached hydrogen (secondary N) is 2. The van der Waals surface area contributed by atoms with Crippen molar-refractivity contribution in [3.63, 3.8) is 0 Å². The number of rotatable bonds is 3. The van der Waals surface area contributed by atoms with Crippen molar-refractivity contribution >= 4 is 17.5 Å². The second kappa shape index (κ2) is 5.87. The molecule has 1 aliphatic heterocycles. The summed E-state index contributed by atoms with van der Waals surface area (Å²) in [6, 6.07) is 11.5. The quantitative estimate of drug-likeness (QED) is 0.894. The number of methoxy groups -OCH3 is 1. The lowest BCUT2D eigenvalue weighted by molar-refractivity contribution is -0.119. The monoisotopic (exact) mass is 350 g/mol. The minimum atomic E-state index is -0.562. The van der Waals surface area contributed by atoms with Crippen LogP contribution in [-0.2, 0) is 23.1 Å². The Hall–Kier alpha value is -2.82. The standard InChI is InChI=1S/C21H22N2O3/c1-21(2)16-8-7-13(10-17(16)23-20(21)25)19(24)22-14-9-12-5-4-6-18(26-3)15(12)11-14/h4-8,10,14H,9,11H2,1-3H3,(H,22,24)(H,23,25). The van der Waals surface area contributed by atoms with Crippen LogP contribution in [0.4, 0.5) is 5.69 Å².